The zero-order chi connectivity index (χ0) is 24.8. The van der Waals surface area contributed by atoms with E-state index >= 15 is 0 Å². The maximum Gasteiger partial charge on any atom is 0.225 e. The number of nitrogens with zero attached hydrogens (tertiary/aromatic N) is 2. The summed E-state index contributed by atoms with van der Waals surface area (Å²) < 4.78 is 11.1. The van der Waals surface area contributed by atoms with Crippen LogP contribution in [0.25, 0.3) is 0 Å². The fourth-order valence-corrected chi connectivity index (χ4v) is 4.09. The molecule has 0 aliphatic heterocycles. The lowest BCUT2D eigenvalue weighted by Gasteiger charge is -2.25. The summed E-state index contributed by atoms with van der Waals surface area (Å²) in [6.07, 6.45) is 0.275. The second-order valence-corrected chi connectivity index (χ2v) is 8.78. The number of rotatable bonds is 9. The quantitative estimate of drug-likeness (QED) is 0.356. The van der Waals surface area contributed by atoms with Crippen LogP contribution in [-0.4, -0.2) is 25.2 Å². The van der Waals surface area contributed by atoms with Crippen molar-refractivity contribution >= 4 is 11.6 Å². The number of carbonyl (C=O) groups excluding carboxylic acids is 1. The van der Waals surface area contributed by atoms with E-state index in [0.717, 1.165) is 45.1 Å². The second kappa shape index (κ2) is 10.9. The summed E-state index contributed by atoms with van der Waals surface area (Å²) in [6.45, 7) is 4.17. The predicted octanol–water partition coefficient (Wildman–Crippen LogP) is 5.38. The molecule has 0 spiro atoms. The normalized spacial score (nSPS) is 11.7. The maximum atomic E-state index is 13.1. The first-order valence-electron chi connectivity index (χ1n) is 11.7. The van der Waals surface area contributed by atoms with Gasteiger partial charge in [-0.25, -0.2) is 0 Å². The van der Waals surface area contributed by atoms with E-state index in [1.807, 2.05) is 94.7 Å². The highest BCUT2D eigenvalue weighted by Crippen LogP contribution is 2.30. The fourth-order valence-electron chi connectivity index (χ4n) is 4.09. The van der Waals surface area contributed by atoms with Crippen molar-refractivity contribution in [1.29, 1.82) is 0 Å². The van der Waals surface area contributed by atoms with Gasteiger partial charge in [0, 0.05) is 25.3 Å². The van der Waals surface area contributed by atoms with Gasteiger partial charge in [0.15, 0.2) is 0 Å². The number of anilines is 1. The molecule has 180 valence electrons. The van der Waals surface area contributed by atoms with Gasteiger partial charge in [0.05, 0.1) is 23.7 Å². The number of hydrogen-bond donors (Lipinski definition) is 1. The number of aromatic nitrogens is 1. The Morgan fingerprint density at radius 1 is 0.971 bits per heavy atom. The summed E-state index contributed by atoms with van der Waals surface area (Å²) in [4.78, 5) is 15.2. The molecule has 0 saturated heterocycles. The molecule has 1 unspecified atom stereocenters. The number of hydrogen-bond acceptors (Lipinski definition) is 5. The molecule has 0 radical (unpaired) electrons. The average Bonchev–Trinajstić information content (AvgIpc) is 3.19. The SMILES string of the molecule is Cc1noc(C)c1COc1ccc(CC(=O)NC(c2ccccc2)c2ccccc2N(C)C)cc1. The van der Waals surface area contributed by atoms with Gasteiger partial charge in [-0.2, -0.15) is 0 Å². The molecule has 4 rings (SSSR count). The summed E-state index contributed by atoms with van der Waals surface area (Å²) in [6, 6.07) is 25.6. The van der Waals surface area contributed by atoms with Crippen molar-refractivity contribution in [2.45, 2.75) is 32.9 Å². The van der Waals surface area contributed by atoms with Gasteiger partial charge in [0.1, 0.15) is 18.1 Å². The zero-order valence-electron chi connectivity index (χ0n) is 20.6. The Labute approximate surface area is 206 Å². The molecule has 0 fully saturated rings. The van der Waals surface area contributed by atoms with Crippen LogP contribution in [-0.2, 0) is 17.8 Å². The van der Waals surface area contributed by atoms with Crippen LogP contribution in [0.15, 0.2) is 83.4 Å². The number of ether oxygens (including phenoxy) is 1. The van der Waals surface area contributed by atoms with Gasteiger partial charge in [-0.05, 0) is 43.2 Å². The molecule has 1 heterocycles. The van der Waals surface area contributed by atoms with Crippen molar-refractivity contribution in [3.63, 3.8) is 0 Å². The molecule has 6 nitrogen and oxygen atoms in total. The topological polar surface area (TPSA) is 67.6 Å². The standard InChI is InChI=1S/C29H31N3O3/c1-20-26(21(2)35-31-20)19-34-24-16-14-22(15-17-24)18-28(33)30-29(23-10-6-5-7-11-23)25-12-8-9-13-27(25)32(3)4/h5-17,29H,18-19H2,1-4H3,(H,30,33). The van der Waals surface area contributed by atoms with Gasteiger partial charge < -0.3 is 19.5 Å². The lowest BCUT2D eigenvalue weighted by Crippen LogP contribution is -2.31. The van der Waals surface area contributed by atoms with Crippen LogP contribution in [0.1, 0.15) is 39.7 Å². The summed E-state index contributed by atoms with van der Waals surface area (Å²) >= 11 is 0. The number of benzene rings is 3. The molecule has 1 amide bonds. The minimum absolute atomic E-state index is 0.0446. The van der Waals surface area contributed by atoms with Crippen molar-refractivity contribution in [2.24, 2.45) is 0 Å². The van der Waals surface area contributed by atoms with Crippen molar-refractivity contribution in [3.05, 3.63) is 113 Å². The third kappa shape index (κ3) is 5.90. The van der Waals surface area contributed by atoms with Gasteiger partial charge in [-0.15, -0.1) is 0 Å². The van der Waals surface area contributed by atoms with Crippen molar-refractivity contribution in [3.8, 4) is 5.75 Å². The number of nitrogens with one attached hydrogen (secondary N) is 1. The van der Waals surface area contributed by atoms with Gasteiger partial charge in [-0.3, -0.25) is 4.79 Å². The molecule has 35 heavy (non-hydrogen) atoms. The molecule has 0 aliphatic rings. The molecule has 1 aromatic heterocycles. The van der Waals surface area contributed by atoms with Crippen LogP contribution in [0.5, 0.6) is 5.75 Å². The first kappa shape index (κ1) is 24.1. The fraction of sp³-hybridized carbons (Fsp3) is 0.241. The second-order valence-electron chi connectivity index (χ2n) is 8.78. The highest BCUT2D eigenvalue weighted by Gasteiger charge is 2.20. The highest BCUT2D eigenvalue weighted by atomic mass is 16.5. The summed E-state index contributed by atoms with van der Waals surface area (Å²) in [5.41, 5.74) is 5.87. The Morgan fingerprint density at radius 2 is 1.66 bits per heavy atom. The average molecular weight is 470 g/mol. The Morgan fingerprint density at radius 3 is 2.31 bits per heavy atom. The molecule has 1 atom stereocenters. The van der Waals surface area contributed by atoms with Gasteiger partial charge in [0.2, 0.25) is 5.91 Å². The lowest BCUT2D eigenvalue weighted by atomic mass is 9.96. The van der Waals surface area contributed by atoms with Crippen LogP contribution >= 0.6 is 0 Å². The molecule has 1 N–H and O–H groups in total. The first-order chi connectivity index (χ1) is 16.9. The smallest absolute Gasteiger partial charge is 0.225 e. The number of carbonyl (C=O) groups is 1. The van der Waals surface area contributed by atoms with Crippen LogP contribution in [0.2, 0.25) is 0 Å². The van der Waals surface area contributed by atoms with E-state index in [4.69, 9.17) is 9.26 Å². The molecule has 3 aromatic carbocycles. The third-order valence-corrected chi connectivity index (χ3v) is 6.02. The van der Waals surface area contributed by atoms with Crippen LogP contribution in [0, 0.1) is 13.8 Å². The molecule has 6 heteroatoms. The lowest BCUT2D eigenvalue weighted by molar-refractivity contribution is -0.120. The molecular formula is C29H31N3O3. The van der Waals surface area contributed by atoms with Gasteiger partial charge >= 0.3 is 0 Å². The summed E-state index contributed by atoms with van der Waals surface area (Å²) in [5, 5.41) is 7.21. The molecule has 4 aromatic rings. The van der Waals surface area contributed by atoms with E-state index in [1.54, 1.807) is 0 Å². The summed E-state index contributed by atoms with van der Waals surface area (Å²) in [5.74, 6) is 1.45. The van der Waals surface area contributed by atoms with Crippen LogP contribution in [0.4, 0.5) is 5.69 Å². The largest absolute Gasteiger partial charge is 0.489 e. The minimum Gasteiger partial charge on any atom is -0.489 e. The van der Waals surface area contributed by atoms with E-state index in [9.17, 15) is 4.79 Å². The van der Waals surface area contributed by atoms with Crippen LogP contribution in [0.3, 0.4) is 0 Å². The summed E-state index contributed by atoms with van der Waals surface area (Å²) in [7, 11) is 4.02. The van der Waals surface area contributed by atoms with E-state index in [2.05, 4.69) is 27.5 Å². The monoisotopic (exact) mass is 469 g/mol. The number of para-hydroxylation sites is 1. The van der Waals surface area contributed by atoms with Crippen molar-refractivity contribution in [2.75, 3.05) is 19.0 Å². The number of aryl methyl sites for hydroxylation is 2. The Bertz CT molecular complexity index is 1240. The molecular weight excluding hydrogens is 438 g/mol. The zero-order valence-corrected chi connectivity index (χ0v) is 20.6. The maximum absolute atomic E-state index is 13.1. The van der Waals surface area contributed by atoms with Crippen molar-refractivity contribution in [1.82, 2.24) is 10.5 Å². The Hall–Kier alpha value is -4.06. The first-order valence-corrected chi connectivity index (χ1v) is 11.7. The predicted molar refractivity (Wildman–Crippen MR) is 138 cm³/mol. The number of amides is 1. The van der Waals surface area contributed by atoms with Crippen LogP contribution < -0.4 is 15.0 Å². The highest BCUT2D eigenvalue weighted by molar-refractivity contribution is 5.80. The van der Waals surface area contributed by atoms with Gasteiger partial charge in [-0.1, -0.05) is 65.8 Å². The van der Waals surface area contributed by atoms with Gasteiger partial charge in [0.25, 0.3) is 0 Å². The minimum atomic E-state index is -0.250. The third-order valence-electron chi connectivity index (χ3n) is 6.02. The van der Waals surface area contributed by atoms with E-state index in [-0.39, 0.29) is 18.4 Å². The molecule has 0 saturated carbocycles. The van der Waals surface area contributed by atoms with Crippen molar-refractivity contribution < 1.29 is 14.1 Å². The molecule has 0 aliphatic carbocycles. The van der Waals surface area contributed by atoms with E-state index < -0.39 is 0 Å². The van der Waals surface area contributed by atoms with E-state index in [1.165, 1.54) is 0 Å². The van der Waals surface area contributed by atoms with E-state index in [0.29, 0.717) is 6.61 Å². The molecule has 0 bridgehead atoms. The Balaban J connectivity index is 1.45. The Kier molecular flexibility index (Phi) is 7.51.